The van der Waals surface area contributed by atoms with E-state index in [0.29, 0.717) is 24.3 Å². The molecule has 0 atom stereocenters. The Morgan fingerprint density at radius 3 is 2.32 bits per heavy atom. The molecule has 1 aliphatic heterocycles. The van der Waals surface area contributed by atoms with Gasteiger partial charge in [-0.15, -0.1) is 0 Å². The van der Waals surface area contributed by atoms with Crippen molar-refractivity contribution in [1.82, 2.24) is 0 Å². The van der Waals surface area contributed by atoms with Crippen molar-refractivity contribution in [3.8, 4) is 0 Å². The molecule has 150 valence electrons. The molecule has 6 nitrogen and oxygen atoms in total. The van der Waals surface area contributed by atoms with Gasteiger partial charge in [-0.1, -0.05) is 37.8 Å². The van der Waals surface area contributed by atoms with Crippen molar-refractivity contribution in [3.63, 3.8) is 0 Å². The Morgan fingerprint density at radius 2 is 1.68 bits per heavy atom. The van der Waals surface area contributed by atoms with Gasteiger partial charge in [0.1, 0.15) is 18.9 Å². The fraction of sp³-hybridized carbons (Fsp3) is 0.333. The number of benzene rings is 2. The van der Waals surface area contributed by atoms with Crippen LogP contribution in [0.15, 0.2) is 48.5 Å². The van der Waals surface area contributed by atoms with Gasteiger partial charge in [0.2, 0.25) is 0 Å². The first-order valence-electron chi connectivity index (χ1n) is 8.85. The second-order valence-corrected chi connectivity index (χ2v) is 6.42. The van der Waals surface area contributed by atoms with Crippen molar-refractivity contribution in [2.75, 3.05) is 36.0 Å². The maximum Gasteiger partial charge on any atom is 0.313 e. The normalized spacial score (nSPS) is 13.6. The van der Waals surface area contributed by atoms with E-state index < -0.39 is 5.97 Å². The molecule has 1 fully saturated rings. The van der Waals surface area contributed by atoms with Crippen molar-refractivity contribution in [2.24, 2.45) is 5.73 Å². The van der Waals surface area contributed by atoms with Gasteiger partial charge in [-0.2, -0.15) is 0 Å². The third-order valence-electron chi connectivity index (χ3n) is 4.52. The summed E-state index contributed by atoms with van der Waals surface area (Å²) in [6, 6.07) is 15.3. The number of carbonyl (C=O) groups is 1. The maximum atomic E-state index is 14.9. The van der Waals surface area contributed by atoms with E-state index >= 15 is 0 Å². The SMILES string of the molecule is C.N=C(N)CC(=O)OCc1cccc(N2CCN(c3ccccc3)CC2)c1F. The summed E-state index contributed by atoms with van der Waals surface area (Å²) in [5.74, 6) is -1.28. The summed E-state index contributed by atoms with van der Waals surface area (Å²) >= 11 is 0. The van der Waals surface area contributed by atoms with Gasteiger partial charge in [-0.25, -0.2) is 4.39 Å². The quantitative estimate of drug-likeness (QED) is 0.453. The average Bonchev–Trinajstić information content (AvgIpc) is 2.67. The minimum absolute atomic E-state index is 0. The van der Waals surface area contributed by atoms with Crippen LogP contribution in [0.3, 0.4) is 0 Å². The van der Waals surface area contributed by atoms with Gasteiger partial charge in [-0.05, 0) is 18.2 Å². The Hall–Kier alpha value is -3.09. The van der Waals surface area contributed by atoms with E-state index in [1.807, 2.05) is 23.1 Å². The molecule has 7 heteroatoms. The monoisotopic (exact) mass is 386 g/mol. The van der Waals surface area contributed by atoms with E-state index in [4.69, 9.17) is 15.9 Å². The molecule has 3 N–H and O–H groups in total. The molecule has 0 unspecified atom stereocenters. The third-order valence-corrected chi connectivity index (χ3v) is 4.52. The Labute approximate surface area is 165 Å². The highest BCUT2D eigenvalue weighted by Gasteiger charge is 2.21. The van der Waals surface area contributed by atoms with Crippen LogP contribution >= 0.6 is 0 Å². The van der Waals surface area contributed by atoms with E-state index in [1.165, 1.54) is 5.69 Å². The zero-order valence-corrected chi connectivity index (χ0v) is 15.0. The number of nitrogens with zero attached hydrogens (tertiary/aromatic N) is 2. The lowest BCUT2D eigenvalue weighted by molar-refractivity contribution is -0.143. The first kappa shape index (κ1) is 21.2. The highest BCUT2D eigenvalue weighted by atomic mass is 19.1. The number of esters is 1. The van der Waals surface area contributed by atoms with Gasteiger partial charge >= 0.3 is 5.97 Å². The summed E-state index contributed by atoms with van der Waals surface area (Å²) in [5.41, 5.74) is 7.17. The second-order valence-electron chi connectivity index (χ2n) is 6.42. The molecule has 0 saturated carbocycles. The number of carbonyl (C=O) groups excluding carboxylic acids is 1. The van der Waals surface area contributed by atoms with E-state index in [0.717, 1.165) is 13.1 Å². The van der Waals surface area contributed by atoms with Crippen LogP contribution in [0.25, 0.3) is 0 Å². The number of nitrogens with two attached hydrogens (primary N) is 1. The summed E-state index contributed by atoms with van der Waals surface area (Å²) in [5, 5.41) is 7.09. The fourth-order valence-corrected chi connectivity index (χ4v) is 3.13. The molecule has 3 rings (SSSR count). The molecule has 2 aromatic carbocycles. The standard InChI is InChI=1S/C20H23FN4O2.CH4/c21-20-15(14-27-19(26)13-18(22)23)5-4-8-17(20)25-11-9-24(10-12-25)16-6-2-1-3-7-16;/h1-8H,9-14H2,(H3,22,23);1H4. The van der Waals surface area contributed by atoms with Gasteiger partial charge in [0, 0.05) is 37.4 Å². The number of amidine groups is 1. The summed E-state index contributed by atoms with van der Waals surface area (Å²) in [7, 11) is 0. The number of ether oxygens (including phenoxy) is 1. The number of anilines is 2. The molecule has 1 saturated heterocycles. The number of hydrogen-bond acceptors (Lipinski definition) is 5. The van der Waals surface area contributed by atoms with Gasteiger partial charge < -0.3 is 20.3 Å². The van der Waals surface area contributed by atoms with Gasteiger partial charge in [-0.3, -0.25) is 10.2 Å². The highest BCUT2D eigenvalue weighted by Crippen LogP contribution is 2.25. The summed E-state index contributed by atoms with van der Waals surface area (Å²) < 4.78 is 19.9. The number of halogens is 1. The molecular weight excluding hydrogens is 359 g/mol. The molecule has 1 aliphatic rings. The van der Waals surface area contributed by atoms with E-state index in [2.05, 4.69) is 17.0 Å². The Bertz CT molecular complexity index is 805. The Morgan fingerprint density at radius 1 is 1.04 bits per heavy atom. The molecule has 0 radical (unpaired) electrons. The van der Waals surface area contributed by atoms with Crippen LogP contribution in [0.2, 0.25) is 0 Å². The predicted octanol–water partition coefficient (Wildman–Crippen LogP) is 3.16. The molecule has 28 heavy (non-hydrogen) atoms. The largest absolute Gasteiger partial charge is 0.460 e. The summed E-state index contributed by atoms with van der Waals surface area (Å²) in [6.07, 6.45) is -0.289. The van der Waals surface area contributed by atoms with Crippen LogP contribution in [0, 0.1) is 11.2 Å². The number of hydrogen-bond donors (Lipinski definition) is 2. The van der Waals surface area contributed by atoms with Crippen LogP contribution in [0.1, 0.15) is 19.4 Å². The van der Waals surface area contributed by atoms with Crippen LogP contribution in [0.5, 0.6) is 0 Å². The third kappa shape index (κ3) is 5.22. The first-order valence-corrected chi connectivity index (χ1v) is 8.85. The minimum Gasteiger partial charge on any atom is -0.460 e. The lowest BCUT2D eigenvalue weighted by Gasteiger charge is -2.37. The zero-order chi connectivity index (χ0) is 19.2. The maximum absolute atomic E-state index is 14.9. The van der Waals surface area contributed by atoms with Crippen molar-refractivity contribution >= 4 is 23.2 Å². The lowest BCUT2D eigenvalue weighted by atomic mass is 10.1. The summed E-state index contributed by atoms with van der Waals surface area (Å²) in [4.78, 5) is 15.8. The number of piperazine rings is 1. The molecule has 2 aromatic rings. The van der Waals surface area contributed by atoms with Crippen molar-refractivity contribution in [2.45, 2.75) is 20.5 Å². The van der Waals surface area contributed by atoms with Crippen molar-refractivity contribution in [1.29, 1.82) is 5.41 Å². The molecule has 0 aromatic heterocycles. The fourth-order valence-electron chi connectivity index (χ4n) is 3.13. The number of para-hydroxylation sites is 1. The van der Waals surface area contributed by atoms with Gasteiger partial charge in [0.15, 0.2) is 5.82 Å². The predicted molar refractivity (Wildman–Crippen MR) is 110 cm³/mol. The van der Waals surface area contributed by atoms with E-state index in [9.17, 15) is 9.18 Å². The topological polar surface area (TPSA) is 82.6 Å². The molecule has 0 bridgehead atoms. The van der Waals surface area contributed by atoms with Crippen molar-refractivity contribution < 1.29 is 13.9 Å². The van der Waals surface area contributed by atoms with E-state index in [1.54, 1.807) is 18.2 Å². The highest BCUT2D eigenvalue weighted by molar-refractivity contribution is 5.94. The van der Waals surface area contributed by atoms with Crippen LogP contribution in [-0.4, -0.2) is 38.0 Å². The average molecular weight is 386 g/mol. The summed E-state index contributed by atoms with van der Waals surface area (Å²) in [6.45, 7) is 2.86. The minimum atomic E-state index is -0.635. The Kier molecular flexibility index (Phi) is 7.37. The van der Waals surface area contributed by atoms with Crippen LogP contribution in [0.4, 0.5) is 15.8 Å². The molecule has 0 spiro atoms. The van der Waals surface area contributed by atoms with Gasteiger partial charge in [0.05, 0.1) is 5.69 Å². The Balaban J connectivity index is 0.00000280. The zero-order valence-electron chi connectivity index (χ0n) is 15.0. The second kappa shape index (κ2) is 9.73. The number of nitrogens with one attached hydrogen (secondary N) is 1. The molecule has 0 amide bonds. The first-order chi connectivity index (χ1) is 13.0. The van der Waals surface area contributed by atoms with Crippen LogP contribution in [-0.2, 0) is 16.1 Å². The lowest BCUT2D eigenvalue weighted by Crippen LogP contribution is -2.46. The van der Waals surface area contributed by atoms with Gasteiger partial charge in [0.25, 0.3) is 0 Å². The molecule has 0 aliphatic carbocycles. The number of rotatable bonds is 6. The molecular formula is C21H27FN4O2. The smallest absolute Gasteiger partial charge is 0.313 e. The van der Waals surface area contributed by atoms with E-state index in [-0.39, 0.29) is 32.1 Å². The van der Waals surface area contributed by atoms with Crippen molar-refractivity contribution in [3.05, 3.63) is 59.9 Å². The molecule has 1 heterocycles. The van der Waals surface area contributed by atoms with Crippen LogP contribution < -0.4 is 15.5 Å².